The van der Waals surface area contributed by atoms with Crippen LogP contribution in [0.2, 0.25) is 0 Å². The SMILES string of the molecule is Cc1ccc(C(=O)N/C(=C/c2ccco2)C(=O)NCCc2ccccc2)cc1. The van der Waals surface area contributed by atoms with E-state index in [1.807, 2.05) is 49.4 Å². The maximum atomic E-state index is 12.6. The summed E-state index contributed by atoms with van der Waals surface area (Å²) in [6, 6.07) is 20.5. The van der Waals surface area contributed by atoms with E-state index in [4.69, 9.17) is 4.42 Å². The van der Waals surface area contributed by atoms with Crippen LogP contribution in [-0.4, -0.2) is 18.4 Å². The number of rotatable bonds is 7. The fraction of sp³-hybridized carbons (Fsp3) is 0.130. The summed E-state index contributed by atoms with van der Waals surface area (Å²) in [6.07, 6.45) is 3.73. The van der Waals surface area contributed by atoms with Gasteiger partial charge in [-0.3, -0.25) is 9.59 Å². The van der Waals surface area contributed by atoms with Crippen molar-refractivity contribution in [3.8, 4) is 0 Å². The van der Waals surface area contributed by atoms with Crippen LogP contribution < -0.4 is 10.6 Å². The van der Waals surface area contributed by atoms with Crippen LogP contribution in [0.5, 0.6) is 0 Å². The molecule has 0 saturated heterocycles. The van der Waals surface area contributed by atoms with Crippen LogP contribution in [0, 0.1) is 6.92 Å². The molecule has 1 heterocycles. The topological polar surface area (TPSA) is 71.3 Å². The first kappa shape index (κ1) is 19.2. The van der Waals surface area contributed by atoms with E-state index >= 15 is 0 Å². The molecule has 0 unspecified atom stereocenters. The molecule has 0 bridgehead atoms. The second-order valence-electron chi connectivity index (χ2n) is 6.39. The third kappa shape index (κ3) is 5.45. The molecule has 28 heavy (non-hydrogen) atoms. The molecule has 2 aromatic carbocycles. The molecule has 0 fully saturated rings. The van der Waals surface area contributed by atoms with Gasteiger partial charge in [0.1, 0.15) is 11.5 Å². The zero-order valence-corrected chi connectivity index (χ0v) is 15.6. The second-order valence-corrected chi connectivity index (χ2v) is 6.39. The highest BCUT2D eigenvalue weighted by molar-refractivity contribution is 6.05. The highest BCUT2D eigenvalue weighted by Gasteiger charge is 2.15. The Kier molecular flexibility index (Phi) is 6.41. The van der Waals surface area contributed by atoms with Crippen LogP contribution in [0.1, 0.15) is 27.2 Å². The van der Waals surface area contributed by atoms with Gasteiger partial charge in [0.05, 0.1) is 6.26 Å². The summed E-state index contributed by atoms with van der Waals surface area (Å²) >= 11 is 0. The van der Waals surface area contributed by atoms with Crippen molar-refractivity contribution < 1.29 is 14.0 Å². The molecule has 0 aliphatic heterocycles. The van der Waals surface area contributed by atoms with Gasteiger partial charge in [-0.15, -0.1) is 0 Å². The highest BCUT2D eigenvalue weighted by Crippen LogP contribution is 2.09. The Morgan fingerprint density at radius 3 is 2.39 bits per heavy atom. The van der Waals surface area contributed by atoms with Crippen molar-refractivity contribution in [2.45, 2.75) is 13.3 Å². The quantitative estimate of drug-likeness (QED) is 0.619. The van der Waals surface area contributed by atoms with E-state index in [1.54, 1.807) is 24.3 Å². The minimum Gasteiger partial charge on any atom is -0.465 e. The largest absolute Gasteiger partial charge is 0.465 e. The van der Waals surface area contributed by atoms with Crippen LogP contribution in [0.4, 0.5) is 0 Å². The maximum Gasteiger partial charge on any atom is 0.267 e. The lowest BCUT2D eigenvalue weighted by Gasteiger charge is -2.11. The normalized spacial score (nSPS) is 11.1. The van der Waals surface area contributed by atoms with Crippen LogP contribution in [0.25, 0.3) is 6.08 Å². The van der Waals surface area contributed by atoms with Gasteiger partial charge in [0.2, 0.25) is 0 Å². The van der Waals surface area contributed by atoms with Crippen molar-refractivity contribution in [2.24, 2.45) is 0 Å². The van der Waals surface area contributed by atoms with Crippen LogP contribution in [0.3, 0.4) is 0 Å². The maximum absolute atomic E-state index is 12.6. The Morgan fingerprint density at radius 1 is 0.964 bits per heavy atom. The van der Waals surface area contributed by atoms with Crippen LogP contribution in [0.15, 0.2) is 83.1 Å². The predicted octanol–water partition coefficient (Wildman–Crippen LogP) is 3.72. The Labute approximate surface area is 164 Å². The number of hydrogen-bond acceptors (Lipinski definition) is 3. The van der Waals surface area contributed by atoms with Gasteiger partial charge in [-0.2, -0.15) is 0 Å². The summed E-state index contributed by atoms with van der Waals surface area (Å²) in [5.41, 5.74) is 2.80. The minimum absolute atomic E-state index is 0.133. The third-order valence-electron chi connectivity index (χ3n) is 4.18. The molecular weight excluding hydrogens is 352 g/mol. The number of amides is 2. The molecule has 2 amide bonds. The predicted molar refractivity (Wildman–Crippen MR) is 108 cm³/mol. The highest BCUT2D eigenvalue weighted by atomic mass is 16.3. The molecule has 2 N–H and O–H groups in total. The lowest BCUT2D eigenvalue weighted by molar-refractivity contribution is -0.117. The van der Waals surface area contributed by atoms with E-state index < -0.39 is 0 Å². The molecule has 0 spiro atoms. The Hall–Kier alpha value is -3.60. The van der Waals surface area contributed by atoms with Gasteiger partial charge < -0.3 is 15.1 Å². The molecule has 5 heteroatoms. The molecule has 0 saturated carbocycles. The number of hydrogen-bond donors (Lipinski definition) is 2. The lowest BCUT2D eigenvalue weighted by Crippen LogP contribution is -2.35. The summed E-state index contributed by atoms with van der Waals surface area (Å²) in [7, 11) is 0. The first-order valence-electron chi connectivity index (χ1n) is 9.07. The molecule has 142 valence electrons. The zero-order valence-electron chi connectivity index (χ0n) is 15.6. The fourth-order valence-corrected chi connectivity index (χ4v) is 2.63. The van der Waals surface area contributed by atoms with Crippen molar-refractivity contribution in [2.75, 3.05) is 6.54 Å². The number of nitrogens with one attached hydrogen (secondary N) is 2. The molecule has 0 atom stereocenters. The average molecular weight is 374 g/mol. The Morgan fingerprint density at radius 2 is 1.71 bits per heavy atom. The van der Waals surface area contributed by atoms with Gasteiger partial charge in [0.15, 0.2) is 0 Å². The fourth-order valence-electron chi connectivity index (χ4n) is 2.63. The monoisotopic (exact) mass is 374 g/mol. The Balaban J connectivity index is 1.68. The van der Waals surface area contributed by atoms with E-state index in [0.717, 1.165) is 11.1 Å². The Bertz CT molecular complexity index is 943. The number of carbonyl (C=O) groups excluding carboxylic acids is 2. The number of carbonyl (C=O) groups is 2. The molecule has 3 rings (SSSR count). The van der Waals surface area contributed by atoms with Gasteiger partial charge in [-0.25, -0.2) is 0 Å². The lowest BCUT2D eigenvalue weighted by atomic mass is 10.1. The van der Waals surface area contributed by atoms with E-state index in [9.17, 15) is 9.59 Å². The third-order valence-corrected chi connectivity index (χ3v) is 4.18. The van der Waals surface area contributed by atoms with Gasteiger partial charge in [-0.1, -0.05) is 48.0 Å². The molecule has 3 aromatic rings. The standard InChI is InChI=1S/C23H22N2O3/c1-17-9-11-19(12-10-17)22(26)25-21(16-20-8-5-15-28-20)23(27)24-14-13-18-6-3-2-4-7-18/h2-12,15-16H,13-14H2,1H3,(H,24,27)(H,25,26)/b21-16+. The molecule has 1 aromatic heterocycles. The first-order valence-corrected chi connectivity index (χ1v) is 9.07. The van der Waals surface area contributed by atoms with Crippen molar-refractivity contribution in [3.63, 3.8) is 0 Å². The van der Waals surface area contributed by atoms with Crippen molar-refractivity contribution in [1.82, 2.24) is 10.6 Å². The molecule has 0 aliphatic carbocycles. The number of furan rings is 1. The molecule has 5 nitrogen and oxygen atoms in total. The summed E-state index contributed by atoms with van der Waals surface area (Å²) in [4.78, 5) is 25.2. The minimum atomic E-state index is -0.368. The van der Waals surface area contributed by atoms with Gasteiger partial charge in [0, 0.05) is 18.2 Å². The first-order chi connectivity index (χ1) is 13.6. The molecule has 0 radical (unpaired) electrons. The van der Waals surface area contributed by atoms with E-state index in [0.29, 0.717) is 24.3 Å². The average Bonchev–Trinajstić information content (AvgIpc) is 3.22. The van der Waals surface area contributed by atoms with E-state index in [-0.39, 0.29) is 17.5 Å². The van der Waals surface area contributed by atoms with Gasteiger partial charge in [0.25, 0.3) is 11.8 Å². The summed E-state index contributed by atoms with van der Waals surface area (Å²) in [5.74, 6) is -0.235. The van der Waals surface area contributed by atoms with Crippen molar-refractivity contribution in [1.29, 1.82) is 0 Å². The van der Waals surface area contributed by atoms with Crippen molar-refractivity contribution in [3.05, 3.63) is 101 Å². The zero-order chi connectivity index (χ0) is 19.8. The summed E-state index contributed by atoms with van der Waals surface area (Å²) in [6.45, 7) is 2.41. The summed E-state index contributed by atoms with van der Waals surface area (Å²) in [5, 5.41) is 5.54. The van der Waals surface area contributed by atoms with E-state index in [1.165, 1.54) is 12.3 Å². The van der Waals surface area contributed by atoms with E-state index in [2.05, 4.69) is 10.6 Å². The molecule has 0 aliphatic rings. The molecular formula is C23H22N2O3. The van der Waals surface area contributed by atoms with Crippen LogP contribution >= 0.6 is 0 Å². The van der Waals surface area contributed by atoms with Gasteiger partial charge in [-0.05, 0) is 43.2 Å². The number of aryl methyl sites for hydroxylation is 1. The number of benzene rings is 2. The smallest absolute Gasteiger partial charge is 0.267 e. The van der Waals surface area contributed by atoms with Gasteiger partial charge >= 0.3 is 0 Å². The van der Waals surface area contributed by atoms with Crippen LogP contribution in [-0.2, 0) is 11.2 Å². The summed E-state index contributed by atoms with van der Waals surface area (Å²) < 4.78 is 5.28. The second kappa shape index (κ2) is 9.37. The van der Waals surface area contributed by atoms with Crippen molar-refractivity contribution >= 4 is 17.9 Å².